The SMILES string of the molecule is C=C(Cl)C#Cc1ccc(Cl)cc1. The fourth-order valence-electron chi connectivity index (χ4n) is 0.673. The van der Waals surface area contributed by atoms with Gasteiger partial charge in [0.25, 0.3) is 0 Å². The fourth-order valence-corrected chi connectivity index (χ4v) is 0.846. The van der Waals surface area contributed by atoms with Crippen molar-refractivity contribution in [1.29, 1.82) is 0 Å². The Balaban J connectivity index is 2.86. The normalized spacial score (nSPS) is 8.50. The highest BCUT2D eigenvalue weighted by atomic mass is 35.5. The first kappa shape index (κ1) is 9.19. The van der Waals surface area contributed by atoms with Crippen LogP contribution < -0.4 is 0 Å². The molecule has 0 fully saturated rings. The van der Waals surface area contributed by atoms with Crippen LogP contribution in [0.25, 0.3) is 0 Å². The Bertz CT molecular complexity index is 338. The summed E-state index contributed by atoms with van der Waals surface area (Å²) in [6.07, 6.45) is 0. The second-order valence-electron chi connectivity index (χ2n) is 2.16. The highest BCUT2D eigenvalue weighted by Crippen LogP contribution is 2.08. The van der Waals surface area contributed by atoms with Gasteiger partial charge in [-0.05, 0) is 30.2 Å². The van der Waals surface area contributed by atoms with Crippen molar-refractivity contribution in [3.63, 3.8) is 0 Å². The summed E-state index contributed by atoms with van der Waals surface area (Å²) in [5.41, 5.74) is 0.876. The molecule has 0 unspecified atom stereocenters. The first-order chi connectivity index (χ1) is 5.68. The molecule has 12 heavy (non-hydrogen) atoms. The van der Waals surface area contributed by atoms with E-state index in [4.69, 9.17) is 23.2 Å². The zero-order chi connectivity index (χ0) is 8.97. The molecule has 0 nitrogen and oxygen atoms in total. The Hall–Kier alpha value is -0.900. The van der Waals surface area contributed by atoms with Crippen molar-refractivity contribution in [2.75, 3.05) is 0 Å². The van der Waals surface area contributed by atoms with E-state index in [1.165, 1.54) is 0 Å². The summed E-state index contributed by atoms with van der Waals surface area (Å²) in [5.74, 6) is 5.49. The highest BCUT2D eigenvalue weighted by molar-refractivity contribution is 6.31. The number of rotatable bonds is 0. The molecule has 1 aromatic rings. The molecule has 0 amide bonds. The van der Waals surface area contributed by atoms with Crippen LogP contribution in [0.5, 0.6) is 0 Å². The summed E-state index contributed by atoms with van der Waals surface area (Å²) in [5, 5.41) is 1.04. The van der Waals surface area contributed by atoms with Crippen molar-refractivity contribution < 1.29 is 0 Å². The minimum atomic E-state index is 0.338. The van der Waals surface area contributed by atoms with Crippen LogP contribution in [-0.4, -0.2) is 0 Å². The lowest BCUT2D eigenvalue weighted by atomic mass is 10.2. The van der Waals surface area contributed by atoms with Crippen LogP contribution in [0.15, 0.2) is 35.9 Å². The van der Waals surface area contributed by atoms with Crippen molar-refractivity contribution in [2.45, 2.75) is 0 Å². The number of halogens is 2. The molecule has 0 aromatic heterocycles. The van der Waals surface area contributed by atoms with Crippen molar-refractivity contribution >= 4 is 23.2 Å². The van der Waals surface area contributed by atoms with Crippen molar-refractivity contribution in [3.05, 3.63) is 46.5 Å². The van der Waals surface area contributed by atoms with Gasteiger partial charge in [0.15, 0.2) is 0 Å². The molecule has 0 bridgehead atoms. The van der Waals surface area contributed by atoms with E-state index in [2.05, 4.69) is 18.4 Å². The Morgan fingerprint density at radius 1 is 1.25 bits per heavy atom. The van der Waals surface area contributed by atoms with Crippen LogP contribution >= 0.6 is 23.2 Å². The Kier molecular flexibility index (Phi) is 3.22. The van der Waals surface area contributed by atoms with Crippen LogP contribution in [0.2, 0.25) is 5.02 Å². The summed E-state index contributed by atoms with van der Waals surface area (Å²) < 4.78 is 0. The van der Waals surface area contributed by atoms with Crippen LogP contribution in [0, 0.1) is 11.8 Å². The third kappa shape index (κ3) is 3.00. The number of allylic oxidation sites excluding steroid dienone is 1. The van der Waals surface area contributed by atoms with E-state index >= 15 is 0 Å². The number of hydrogen-bond donors (Lipinski definition) is 0. The lowest BCUT2D eigenvalue weighted by molar-refractivity contribution is 1.65. The summed E-state index contributed by atoms with van der Waals surface area (Å²) in [6.45, 7) is 3.45. The van der Waals surface area contributed by atoms with E-state index in [0.717, 1.165) is 5.56 Å². The van der Waals surface area contributed by atoms with Gasteiger partial charge in [0.2, 0.25) is 0 Å². The molecule has 1 rings (SSSR count). The van der Waals surface area contributed by atoms with E-state index in [0.29, 0.717) is 10.1 Å². The molecule has 0 N–H and O–H groups in total. The first-order valence-electron chi connectivity index (χ1n) is 3.30. The van der Waals surface area contributed by atoms with E-state index in [-0.39, 0.29) is 0 Å². The molecule has 0 spiro atoms. The zero-order valence-corrected chi connectivity index (χ0v) is 7.78. The van der Waals surface area contributed by atoms with Crippen molar-refractivity contribution in [2.24, 2.45) is 0 Å². The fraction of sp³-hybridized carbons (Fsp3) is 0. The smallest absolute Gasteiger partial charge is 0.0836 e. The maximum Gasteiger partial charge on any atom is 0.0836 e. The molecule has 0 aliphatic rings. The molecule has 1 aromatic carbocycles. The Morgan fingerprint density at radius 3 is 2.33 bits per heavy atom. The van der Waals surface area contributed by atoms with Gasteiger partial charge in [-0.2, -0.15) is 0 Å². The minimum Gasteiger partial charge on any atom is -0.0843 e. The zero-order valence-electron chi connectivity index (χ0n) is 6.27. The van der Waals surface area contributed by atoms with Gasteiger partial charge in [-0.1, -0.05) is 35.7 Å². The summed E-state index contributed by atoms with van der Waals surface area (Å²) in [4.78, 5) is 0. The largest absolute Gasteiger partial charge is 0.0843 e. The Labute approximate surface area is 81.8 Å². The van der Waals surface area contributed by atoms with Gasteiger partial charge in [-0.3, -0.25) is 0 Å². The van der Waals surface area contributed by atoms with Crippen LogP contribution in [0.4, 0.5) is 0 Å². The van der Waals surface area contributed by atoms with Crippen LogP contribution in [0.3, 0.4) is 0 Å². The average molecular weight is 197 g/mol. The van der Waals surface area contributed by atoms with Gasteiger partial charge >= 0.3 is 0 Å². The van der Waals surface area contributed by atoms with E-state index in [1.807, 2.05) is 12.1 Å². The van der Waals surface area contributed by atoms with Gasteiger partial charge in [-0.25, -0.2) is 0 Å². The third-order valence-corrected chi connectivity index (χ3v) is 1.53. The molecule has 0 saturated carbocycles. The molecular formula is C10H6Cl2. The number of hydrogen-bond acceptors (Lipinski definition) is 0. The average Bonchev–Trinajstić information content (AvgIpc) is 2.03. The van der Waals surface area contributed by atoms with Crippen molar-refractivity contribution in [3.8, 4) is 11.8 Å². The molecule has 2 heteroatoms. The van der Waals surface area contributed by atoms with E-state index in [1.54, 1.807) is 12.1 Å². The molecular weight excluding hydrogens is 191 g/mol. The van der Waals surface area contributed by atoms with Gasteiger partial charge in [0.1, 0.15) is 0 Å². The quantitative estimate of drug-likeness (QED) is 0.558. The summed E-state index contributed by atoms with van der Waals surface area (Å²) >= 11 is 11.1. The highest BCUT2D eigenvalue weighted by Gasteiger charge is 1.86. The van der Waals surface area contributed by atoms with E-state index < -0.39 is 0 Å². The second-order valence-corrected chi connectivity index (χ2v) is 3.05. The second kappa shape index (κ2) is 4.21. The summed E-state index contributed by atoms with van der Waals surface area (Å²) in [7, 11) is 0. The number of benzene rings is 1. The van der Waals surface area contributed by atoms with Gasteiger partial charge in [0, 0.05) is 10.6 Å². The van der Waals surface area contributed by atoms with Crippen molar-refractivity contribution in [1.82, 2.24) is 0 Å². The monoisotopic (exact) mass is 196 g/mol. The molecule has 0 atom stereocenters. The van der Waals surface area contributed by atoms with Gasteiger partial charge in [0.05, 0.1) is 5.03 Å². The van der Waals surface area contributed by atoms with Gasteiger partial charge in [-0.15, -0.1) is 0 Å². The molecule has 0 aliphatic heterocycles. The van der Waals surface area contributed by atoms with Crippen LogP contribution in [-0.2, 0) is 0 Å². The Morgan fingerprint density at radius 2 is 1.83 bits per heavy atom. The van der Waals surface area contributed by atoms with Gasteiger partial charge < -0.3 is 0 Å². The topological polar surface area (TPSA) is 0 Å². The summed E-state index contributed by atoms with van der Waals surface area (Å²) in [6, 6.07) is 7.22. The molecule has 0 radical (unpaired) electrons. The molecule has 0 heterocycles. The standard InChI is InChI=1S/C10H6Cl2/c1-8(11)2-3-9-4-6-10(12)7-5-9/h4-7H,1H2. The minimum absolute atomic E-state index is 0.338. The lowest BCUT2D eigenvalue weighted by Crippen LogP contribution is -1.71. The lowest BCUT2D eigenvalue weighted by Gasteiger charge is -1.89. The van der Waals surface area contributed by atoms with Crippen LogP contribution in [0.1, 0.15) is 5.56 Å². The van der Waals surface area contributed by atoms with E-state index in [9.17, 15) is 0 Å². The maximum absolute atomic E-state index is 5.68. The molecule has 0 saturated heterocycles. The third-order valence-electron chi connectivity index (χ3n) is 1.19. The predicted octanol–water partition coefficient (Wildman–Crippen LogP) is 3.44. The maximum atomic E-state index is 5.68. The predicted molar refractivity (Wildman–Crippen MR) is 53.3 cm³/mol. The molecule has 60 valence electrons. The first-order valence-corrected chi connectivity index (χ1v) is 4.06. The molecule has 0 aliphatic carbocycles.